The first-order valence-electron chi connectivity index (χ1n) is 4.89. The Balaban J connectivity index is 1.89. The van der Waals surface area contributed by atoms with Crippen molar-refractivity contribution in [2.24, 2.45) is 17.8 Å². The van der Waals surface area contributed by atoms with Crippen molar-refractivity contribution in [1.29, 1.82) is 0 Å². The van der Waals surface area contributed by atoms with Crippen molar-refractivity contribution in [3.63, 3.8) is 0 Å². The van der Waals surface area contributed by atoms with E-state index >= 15 is 0 Å². The second-order valence-electron chi connectivity index (χ2n) is 4.49. The van der Waals surface area contributed by atoms with Gasteiger partial charge in [-0.1, -0.05) is 20.8 Å². The van der Waals surface area contributed by atoms with Gasteiger partial charge in [0.25, 0.3) is 0 Å². The Morgan fingerprint density at radius 1 is 1.36 bits per heavy atom. The van der Waals surface area contributed by atoms with E-state index in [0.29, 0.717) is 0 Å². The third-order valence-electron chi connectivity index (χ3n) is 2.46. The van der Waals surface area contributed by atoms with Crippen LogP contribution in [0.5, 0.6) is 0 Å². The Morgan fingerprint density at radius 2 is 2.00 bits per heavy atom. The molecule has 1 rings (SSSR count). The number of hydrogen-bond donors (Lipinski definition) is 1. The van der Waals surface area contributed by atoms with Crippen molar-refractivity contribution in [3.05, 3.63) is 0 Å². The monoisotopic (exact) mass is 155 g/mol. The van der Waals surface area contributed by atoms with Crippen molar-refractivity contribution in [3.8, 4) is 0 Å². The van der Waals surface area contributed by atoms with E-state index in [1.54, 1.807) is 0 Å². The van der Waals surface area contributed by atoms with Crippen LogP contribution >= 0.6 is 0 Å². The minimum atomic E-state index is 0.799. The molecular weight excluding hydrogens is 134 g/mol. The van der Waals surface area contributed by atoms with Gasteiger partial charge in [-0.3, -0.25) is 0 Å². The van der Waals surface area contributed by atoms with Crippen LogP contribution in [0.25, 0.3) is 0 Å². The van der Waals surface area contributed by atoms with E-state index in [2.05, 4.69) is 26.1 Å². The second-order valence-corrected chi connectivity index (χ2v) is 4.49. The van der Waals surface area contributed by atoms with Gasteiger partial charge >= 0.3 is 0 Å². The first kappa shape index (κ1) is 9.05. The second kappa shape index (κ2) is 4.10. The Labute approximate surface area is 70.6 Å². The smallest absolute Gasteiger partial charge is 0.00202 e. The summed E-state index contributed by atoms with van der Waals surface area (Å²) in [6.45, 7) is 9.30. The first-order valence-corrected chi connectivity index (χ1v) is 4.89. The third-order valence-corrected chi connectivity index (χ3v) is 2.46. The van der Waals surface area contributed by atoms with Gasteiger partial charge in [0.15, 0.2) is 0 Å². The zero-order valence-electron chi connectivity index (χ0n) is 8.06. The number of nitrogens with one attached hydrogen (secondary N) is 1. The topological polar surface area (TPSA) is 12.0 Å². The summed E-state index contributed by atoms with van der Waals surface area (Å²) in [5.74, 6) is 2.79. The summed E-state index contributed by atoms with van der Waals surface area (Å²) in [4.78, 5) is 0. The van der Waals surface area contributed by atoms with Gasteiger partial charge in [0.1, 0.15) is 0 Å². The largest absolute Gasteiger partial charge is 0.316 e. The van der Waals surface area contributed by atoms with E-state index < -0.39 is 0 Å². The summed E-state index contributed by atoms with van der Waals surface area (Å²) in [5, 5.41) is 3.51. The van der Waals surface area contributed by atoms with Crippen LogP contribution < -0.4 is 5.32 Å². The summed E-state index contributed by atoms with van der Waals surface area (Å²) in [7, 11) is 0. The average molecular weight is 155 g/mol. The van der Waals surface area contributed by atoms with Crippen molar-refractivity contribution in [1.82, 2.24) is 5.32 Å². The summed E-state index contributed by atoms with van der Waals surface area (Å²) < 4.78 is 0. The van der Waals surface area contributed by atoms with Gasteiger partial charge in [0, 0.05) is 0 Å². The molecule has 0 heterocycles. The molecule has 1 aliphatic rings. The van der Waals surface area contributed by atoms with Crippen molar-refractivity contribution in [2.45, 2.75) is 33.6 Å². The molecule has 0 aliphatic heterocycles. The van der Waals surface area contributed by atoms with Crippen molar-refractivity contribution in [2.75, 3.05) is 13.1 Å². The van der Waals surface area contributed by atoms with Gasteiger partial charge in [-0.15, -0.1) is 0 Å². The molecule has 0 atom stereocenters. The molecule has 1 N–H and O–H groups in total. The molecule has 0 spiro atoms. The van der Waals surface area contributed by atoms with Gasteiger partial charge in [-0.05, 0) is 43.7 Å². The van der Waals surface area contributed by atoms with Crippen LogP contribution in [0.15, 0.2) is 0 Å². The van der Waals surface area contributed by atoms with Gasteiger partial charge < -0.3 is 5.32 Å². The average Bonchev–Trinajstić information content (AvgIpc) is 1.83. The lowest BCUT2D eigenvalue weighted by Gasteiger charge is -2.33. The lowest BCUT2D eigenvalue weighted by Crippen LogP contribution is -2.33. The summed E-state index contributed by atoms with van der Waals surface area (Å²) in [6, 6.07) is 0. The lowest BCUT2D eigenvalue weighted by atomic mass is 9.76. The van der Waals surface area contributed by atoms with E-state index in [1.165, 1.54) is 25.9 Å². The van der Waals surface area contributed by atoms with Crippen LogP contribution in [-0.4, -0.2) is 13.1 Å². The van der Waals surface area contributed by atoms with Crippen molar-refractivity contribution < 1.29 is 0 Å². The molecular formula is C10H21N. The van der Waals surface area contributed by atoms with Gasteiger partial charge in [-0.25, -0.2) is 0 Å². The molecule has 0 aromatic carbocycles. The fraction of sp³-hybridized carbons (Fsp3) is 1.00. The van der Waals surface area contributed by atoms with E-state index in [0.717, 1.165) is 17.8 Å². The fourth-order valence-corrected chi connectivity index (χ4v) is 1.81. The summed E-state index contributed by atoms with van der Waals surface area (Å²) >= 11 is 0. The molecule has 11 heavy (non-hydrogen) atoms. The molecule has 0 unspecified atom stereocenters. The summed E-state index contributed by atoms with van der Waals surface area (Å²) in [5.41, 5.74) is 0. The van der Waals surface area contributed by atoms with Gasteiger partial charge in [0.2, 0.25) is 0 Å². The maximum Gasteiger partial charge on any atom is -0.00202 e. The molecule has 1 fully saturated rings. The minimum absolute atomic E-state index is 0.799. The van der Waals surface area contributed by atoms with Crippen LogP contribution in [-0.2, 0) is 0 Å². The minimum Gasteiger partial charge on any atom is -0.316 e. The molecule has 0 amide bonds. The molecule has 1 saturated carbocycles. The maximum atomic E-state index is 3.51. The maximum absolute atomic E-state index is 3.51. The quantitative estimate of drug-likeness (QED) is 0.656. The number of hydrogen-bond acceptors (Lipinski definition) is 1. The zero-order chi connectivity index (χ0) is 8.27. The number of rotatable bonds is 4. The van der Waals surface area contributed by atoms with E-state index in [-0.39, 0.29) is 0 Å². The molecule has 1 nitrogen and oxygen atoms in total. The molecule has 1 aliphatic carbocycles. The highest BCUT2D eigenvalue weighted by Gasteiger charge is 2.24. The molecule has 0 aromatic heterocycles. The van der Waals surface area contributed by atoms with Crippen LogP contribution in [0.2, 0.25) is 0 Å². The Hall–Kier alpha value is -0.0400. The van der Waals surface area contributed by atoms with E-state index in [9.17, 15) is 0 Å². The highest BCUT2D eigenvalue weighted by molar-refractivity contribution is 4.77. The van der Waals surface area contributed by atoms with Crippen LogP contribution in [0.4, 0.5) is 0 Å². The highest BCUT2D eigenvalue weighted by atomic mass is 14.9. The normalized spacial score (nSPS) is 30.5. The van der Waals surface area contributed by atoms with Crippen LogP contribution in [0, 0.1) is 17.8 Å². The molecule has 0 saturated heterocycles. The molecule has 0 radical (unpaired) electrons. The Morgan fingerprint density at radius 3 is 2.45 bits per heavy atom. The molecule has 1 heteroatoms. The van der Waals surface area contributed by atoms with Crippen LogP contribution in [0.1, 0.15) is 33.6 Å². The fourth-order valence-electron chi connectivity index (χ4n) is 1.81. The standard InChI is InChI=1S/C10H21N/c1-8(2)6-11-7-10-4-9(3)5-10/h8-11H,4-7H2,1-3H3/t9-,10-. The Kier molecular flexibility index (Phi) is 3.38. The molecule has 66 valence electrons. The lowest BCUT2D eigenvalue weighted by molar-refractivity contribution is 0.205. The Bertz CT molecular complexity index is 103. The van der Waals surface area contributed by atoms with Gasteiger partial charge in [-0.2, -0.15) is 0 Å². The molecule has 0 bridgehead atoms. The van der Waals surface area contributed by atoms with Gasteiger partial charge in [0.05, 0.1) is 0 Å². The van der Waals surface area contributed by atoms with E-state index in [4.69, 9.17) is 0 Å². The van der Waals surface area contributed by atoms with E-state index in [1.807, 2.05) is 0 Å². The molecule has 0 aromatic rings. The zero-order valence-corrected chi connectivity index (χ0v) is 8.06. The predicted molar refractivity (Wildman–Crippen MR) is 49.6 cm³/mol. The predicted octanol–water partition coefficient (Wildman–Crippen LogP) is 2.28. The van der Waals surface area contributed by atoms with Crippen molar-refractivity contribution >= 4 is 0 Å². The first-order chi connectivity index (χ1) is 5.18. The summed E-state index contributed by atoms with van der Waals surface area (Å²) in [6.07, 6.45) is 2.90. The SMILES string of the molecule is CC(C)CNC[C@H]1C[C@H](C)C1. The van der Waals surface area contributed by atoms with Crippen LogP contribution in [0.3, 0.4) is 0 Å². The highest BCUT2D eigenvalue weighted by Crippen LogP contribution is 2.32. The third kappa shape index (κ3) is 3.24.